The monoisotopic (exact) mass is 596 g/mol. The van der Waals surface area contributed by atoms with Gasteiger partial charge in [0.15, 0.2) is 17.1 Å². The van der Waals surface area contributed by atoms with Crippen LogP contribution in [0.5, 0.6) is 17.2 Å². The van der Waals surface area contributed by atoms with Gasteiger partial charge >= 0.3 is 5.97 Å². The molecule has 7 heteroatoms. The molecule has 1 heterocycles. The van der Waals surface area contributed by atoms with Crippen LogP contribution in [-0.2, 0) is 16.0 Å². The van der Waals surface area contributed by atoms with Gasteiger partial charge in [0.05, 0.1) is 19.6 Å². The number of fused-ring (bicyclic) bond motifs is 6. The van der Waals surface area contributed by atoms with Crippen molar-refractivity contribution in [3.63, 3.8) is 0 Å². The number of benzene rings is 3. The van der Waals surface area contributed by atoms with Crippen molar-refractivity contribution in [1.29, 1.82) is 0 Å². The fourth-order valence-corrected chi connectivity index (χ4v) is 8.21. The summed E-state index contributed by atoms with van der Waals surface area (Å²) in [7, 11) is 3.01. The Labute approximate surface area is 257 Å². The lowest BCUT2D eigenvalue weighted by Crippen LogP contribution is -2.45. The molecular formula is C37H40O7. The summed E-state index contributed by atoms with van der Waals surface area (Å²) in [4.78, 5) is 24.0. The summed E-state index contributed by atoms with van der Waals surface area (Å²) in [5.74, 6) is 3.35. The maximum absolute atomic E-state index is 12.6. The average molecular weight is 597 g/mol. The zero-order valence-corrected chi connectivity index (χ0v) is 25.8. The van der Waals surface area contributed by atoms with Crippen molar-refractivity contribution in [3.8, 4) is 28.6 Å². The number of phenolic OH excluding ortho intramolecular Hbond substituents is 1. The third kappa shape index (κ3) is 5.23. The number of carbonyl (C=O) groups is 1. The highest BCUT2D eigenvalue weighted by atomic mass is 16.5. The molecule has 2 saturated carbocycles. The molecule has 0 saturated heterocycles. The smallest absolute Gasteiger partial charge is 0.302 e. The van der Waals surface area contributed by atoms with Crippen molar-refractivity contribution in [2.45, 2.75) is 64.4 Å². The fourth-order valence-electron chi connectivity index (χ4n) is 8.21. The van der Waals surface area contributed by atoms with Gasteiger partial charge in [0.1, 0.15) is 11.9 Å². The summed E-state index contributed by atoms with van der Waals surface area (Å²) >= 11 is 0. The molecule has 0 radical (unpaired) electrons. The fraction of sp³-hybridized carbons (Fsp3) is 0.405. The second kappa shape index (κ2) is 12.0. The normalized spacial score (nSPS) is 25.1. The van der Waals surface area contributed by atoms with Gasteiger partial charge in [0.2, 0.25) is 11.2 Å². The maximum Gasteiger partial charge on any atom is 0.302 e. The van der Waals surface area contributed by atoms with E-state index in [4.69, 9.17) is 18.6 Å². The quantitative estimate of drug-likeness (QED) is 0.242. The molecule has 2 fully saturated rings. The van der Waals surface area contributed by atoms with Gasteiger partial charge < -0.3 is 23.7 Å². The van der Waals surface area contributed by atoms with E-state index in [1.165, 1.54) is 44.4 Å². The van der Waals surface area contributed by atoms with E-state index < -0.39 is 0 Å². The lowest BCUT2D eigenvalue weighted by atomic mass is 9.55. The lowest BCUT2D eigenvalue weighted by Gasteiger charge is -2.50. The number of hydrogen-bond donors (Lipinski definition) is 1. The summed E-state index contributed by atoms with van der Waals surface area (Å²) in [6, 6.07) is 20.5. The van der Waals surface area contributed by atoms with Crippen LogP contribution in [0.2, 0.25) is 0 Å². The highest BCUT2D eigenvalue weighted by Crippen LogP contribution is 2.61. The minimum atomic E-state index is -0.212. The van der Waals surface area contributed by atoms with Crippen molar-refractivity contribution in [2.75, 3.05) is 14.2 Å². The van der Waals surface area contributed by atoms with E-state index in [0.717, 1.165) is 24.8 Å². The van der Waals surface area contributed by atoms with Crippen LogP contribution in [-0.4, -0.2) is 31.4 Å². The molecule has 7 nitrogen and oxygen atoms in total. The van der Waals surface area contributed by atoms with Crippen molar-refractivity contribution < 1.29 is 28.5 Å². The number of aromatic hydroxyl groups is 1. The Kier molecular flexibility index (Phi) is 8.14. The van der Waals surface area contributed by atoms with Crippen LogP contribution in [0.25, 0.3) is 22.3 Å². The van der Waals surface area contributed by atoms with Gasteiger partial charge in [0, 0.05) is 17.9 Å². The van der Waals surface area contributed by atoms with E-state index in [0.29, 0.717) is 46.0 Å². The van der Waals surface area contributed by atoms with Gasteiger partial charge in [-0.3, -0.25) is 9.59 Å². The van der Waals surface area contributed by atoms with Crippen molar-refractivity contribution in [2.24, 2.45) is 17.3 Å². The minimum absolute atomic E-state index is 0.104. The van der Waals surface area contributed by atoms with Crippen molar-refractivity contribution in [1.82, 2.24) is 0 Å². The van der Waals surface area contributed by atoms with Crippen molar-refractivity contribution >= 4 is 16.9 Å². The molecule has 0 bridgehead atoms. The highest BCUT2D eigenvalue weighted by Gasteiger charge is 2.56. The van der Waals surface area contributed by atoms with Crippen LogP contribution in [0.3, 0.4) is 0 Å². The number of aryl methyl sites for hydroxylation is 1. The number of para-hydroxylation sites is 1. The summed E-state index contributed by atoms with van der Waals surface area (Å²) in [6.07, 6.45) is 6.89. The molecule has 1 N–H and O–H groups in total. The van der Waals surface area contributed by atoms with Crippen LogP contribution < -0.4 is 14.9 Å². The van der Waals surface area contributed by atoms with E-state index in [2.05, 4.69) is 13.0 Å². The second-order valence-corrected chi connectivity index (χ2v) is 12.5. The molecule has 7 rings (SSSR count). The maximum atomic E-state index is 12.6. The molecule has 1 aromatic heterocycles. The van der Waals surface area contributed by atoms with Gasteiger partial charge in [-0.1, -0.05) is 49.4 Å². The first-order chi connectivity index (χ1) is 21.2. The van der Waals surface area contributed by atoms with Gasteiger partial charge in [-0.2, -0.15) is 0 Å². The van der Waals surface area contributed by atoms with Crippen LogP contribution >= 0.6 is 0 Å². The first-order valence-corrected chi connectivity index (χ1v) is 15.5. The zero-order valence-electron chi connectivity index (χ0n) is 25.8. The van der Waals surface area contributed by atoms with Gasteiger partial charge in [0.25, 0.3) is 0 Å². The first-order valence-electron chi connectivity index (χ1n) is 15.5. The number of carbonyl (C=O) groups excluding carboxylic acids is 1. The molecule has 0 spiro atoms. The number of esters is 1. The lowest BCUT2D eigenvalue weighted by molar-refractivity contribution is -0.154. The summed E-state index contributed by atoms with van der Waals surface area (Å²) in [5, 5.41) is 10.2. The van der Waals surface area contributed by atoms with Crippen LogP contribution in [0.1, 0.15) is 63.0 Å². The molecule has 5 unspecified atom stereocenters. The summed E-state index contributed by atoms with van der Waals surface area (Å²) < 4.78 is 22.1. The topological polar surface area (TPSA) is 95.2 Å². The molecule has 0 amide bonds. The molecule has 5 atom stereocenters. The van der Waals surface area contributed by atoms with Gasteiger partial charge in [-0.15, -0.1) is 0 Å². The number of hydrogen-bond acceptors (Lipinski definition) is 7. The molecule has 3 aliphatic carbocycles. The minimum Gasteiger partial charge on any atom is -0.508 e. The second-order valence-electron chi connectivity index (χ2n) is 12.5. The summed E-state index contributed by atoms with van der Waals surface area (Å²) in [6.45, 7) is 3.88. The highest BCUT2D eigenvalue weighted by molar-refractivity contribution is 5.86. The van der Waals surface area contributed by atoms with Crippen LogP contribution in [0.4, 0.5) is 0 Å². The van der Waals surface area contributed by atoms with Crippen LogP contribution in [0, 0.1) is 17.3 Å². The predicted octanol–water partition coefficient (Wildman–Crippen LogP) is 7.66. The third-order valence-electron chi connectivity index (χ3n) is 10.2. The molecule has 230 valence electrons. The molecule has 3 aromatic carbocycles. The molecule has 4 aromatic rings. The van der Waals surface area contributed by atoms with Gasteiger partial charge in [-0.25, -0.2) is 0 Å². The van der Waals surface area contributed by atoms with Crippen LogP contribution in [0.15, 0.2) is 75.9 Å². The summed E-state index contributed by atoms with van der Waals surface area (Å²) in [5.41, 5.74) is 3.93. The SMILES string of the molecule is CC(=O)OC1CCC2C3CCc4cc(O)ccc4C3CCC12C.COc1c(-c2ccccc2)oc2c(OC)cccc2c1=O. The third-order valence-corrected chi connectivity index (χ3v) is 10.2. The van der Waals surface area contributed by atoms with E-state index in [9.17, 15) is 14.7 Å². The molecule has 3 aliphatic rings. The Bertz CT molecular complexity index is 1730. The zero-order chi connectivity index (χ0) is 31.0. The Morgan fingerprint density at radius 3 is 2.48 bits per heavy atom. The first kappa shape index (κ1) is 29.8. The molecule has 0 aliphatic heterocycles. The van der Waals surface area contributed by atoms with Gasteiger partial charge in [-0.05, 0) is 91.7 Å². The van der Waals surface area contributed by atoms with E-state index in [1.54, 1.807) is 25.3 Å². The standard InChI is InChI=1S/C20H26O3.C17H14O4/c1-12(21)23-19-8-7-18-17-5-3-13-11-14(22)4-6-15(13)16(17)9-10-20(18,19)2;1-19-13-10-6-9-12-14(18)17(20-2)15(21-16(12)13)11-7-4-3-5-8-11/h4,6,11,16-19,22H,3,5,7-10H2,1-2H3;3-10H,1-2H3. The Morgan fingerprint density at radius 2 is 1.75 bits per heavy atom. The van der Waals surface area contributed by atoms with E-state index >= 15 is 0 Å². The number of methoxy groups -OCH3 is 2. The largest absolute Gasteiger partial charge is 0.508 e. The van der Waals surface area contributed by atoms with Crippen molar-refractivity contribution in [3.05, 3.63) is 88.1 Å². The number of phenols is 1. The average Bonchev–Trinajstić information content (AvgIpc) is 3.36. The van der Waals surface area contributed by atoms with E-state index in [-0.39, 0.29) is 28.7 Å². The number of ether oxygens (including phenoxy) is 3. The molecular weight excluding hydrogens is 556 g/mol. The molecule has 44 heavy (non-hydrogen) atoms. The Hall–Kier alpha value is -4.26. The predicted molar refractivity (Wildman–Crippen MR) is 169 cm³/mol. The number of rotatable bonds is 4. The van der Waals surface area contributed by atoms with E-state index in [1.807, 2.05) is 42.5 Å². The Balaban J connectivity index is 0.000000157. The Morgan fingerprint density at radius 1 is 0.955 bits per heavy atom.